The molecule has 0 aromatic heterocycles. The van der Waals surface area contributed by atoms with Gasteiger partial charge in [0.1, 0.15) is 0 Å². The molecule has 1 aliphatic rings. The van der Waals surface area contributed by atoms with E-state index >= 15 is 0 Å². The highest BCUT2D eigenvalue weighted by molar-refractivity contribution is 6.30. The molecule has 1 heterocycles. The molecule has 0 spiro atoms. The molecule has 134 valence electrons. The molecule has 4 nitrogen and oxygen atoms in total. The molecule has 5 heteroatoms. The molecule has 0 radical (unpaired) electrons. The van der Waals surface area contributed by atoms with Gasteiger partial charge in [-0.1, -0.05) is 44.5 Å². The number of rotatable bonds is 6. The molecular weight excluding hydrogens is 322 g/mol. The third-order valence-electron chi connectivity index (χ3n) is 4.53. The number of nitrogens with one attached hydrogen (secondary N) is 2. The zero-order chi connectivity index (χ0) is 17.5. The van der Waals surface area contributed by atoms with E-state index in [-0.39, 0.29) is 18.1 Å². The molecule has 1 saturated heterocycles. The summed E-state index contributed by atoms with van der Waals surface area (Å²) < 4.78 is 0. The minimum Gasteiger partial charge on any atom is -0.335 e. The lowest BCUT2D eigenvalue weighted by molar-refractivity contribution is 0.177. The van der Waals surface area contributed by atoms with Crippen LogP contribution in [0.1, 0.15) is 51.6 Å². The van der Waals surface area contributed by atoms with Crippen LogP contribution in [0.15, 0.2) is 24.3 Å². The first-order chi connectivity index (χ1) is 11.5. The Morgan fingerprint density at radius 2 is 1.88 bits per heavy atom. The van der Waals surface area contributed by atoms with E-state index < -0.39 is 0 Å². The minimum absolute atomic E-state index is 0.0169. The third-order valence-corrected chi connectivity index (χ3v) is 4.78. The molecule has 1 aromatic rings. The van der Waals surface area contributed by atoms with E-state index in [1.165, 1.54) is 0 Å². The van der Waals surface area contributed by atoms with Crippen LogP contribution < -0.4 is 10.6 Å². The number of carbonyl (C=O) groups is 1. The maximum Gasteiger partial charge on any atom is 0.315 e. The van der Waals surface area contributed by atoms with Crippen LogP contribution in [0, 0.1) is 5.92 Å². The van der Waals surface area contributed by atoms with Gasteiger partial charge in [0.05, 0.1) is 6.04 Å². The van der Waals surface area contributed by atoms with Gasteiger partial charge in [-0.25, -0.2) is 4.79 Å². The second-order valence-corrected chi connectivity index (χ2v) is 7.54. The van der Waals surface area contributed by atoms with Crippen molar-refractivity contribution in [3.8, 4) is 0 Å². The average Bonchev–Trinajstić information content (AvgIpc) is 2.55. The summed E-state index contributed by atoms with van der Waals surface area (Å²) in [6.45, 7) is 9.85. The molecule has 24 heavy (non-hydrogen) atoms. The Labute approximate surface area is 150 Å². The second kappa shape index (κ2) is 9.28. The Balaban J connectivity index is 1.79. The summed E-state index contributed by atoms with van der Waals surface area (Å²) in [7, 11) is 0. The summed E-state index contributed by atoms with van der Waals surface area (Å²) >= 11 is 5.93. The van der Waals surface area contributed by atoms with Gasteiger partial charge in [-0.15, -0.1) is 0 Å². The normalized spacial score (nSPS) is 17.7. The van der Waals surface area contributed by atoms with Crippen molar-refractivity contribution < 1.29 is 4.79 Å². The number of halogens is 1. The molecule has 2 amide bonds. The van der Waals surface area contributed by atoms with Gasteiger partial charge in [-0.3, -0.25) is 0 Å². The van der Waals surface area contributed by atoms with Gasteiger partial charge in [-0.05, 0) is 42.9 Å². The van der Waals surface area contributed by atoms with Crippen LogP contribution in [0.5, 0.6) is 0 Å². The SMILES string of the molecule is CCC(NC(=O)NC1CCN(CC(C)C)CC1)c1ccc(Cl)cc1. The highest BCUT2D eigenvalue weighted by atomic mass is 35.5. The van der Waals surface area contributed by atoms with Crippen LogP contribution in [0.4, 0.5) is 4.79 Å². The summed E-state index contributed by atoms with van der Waals surface area (Å²) in [6.07, 6.45) is 2.90. The van der Waals surface area contributed by atoms with Gasteiger partial charge in [0.15, 0.2) is 0 Å². The van der Waals surface area contributed by atoms with E-state index in [2.05, 4.69) is 36.3 Å². The van der Waals surface area contributed by atoms with Crippen molar-refractivity contribution in [1.82, 2.24) is 15.5 Å². The van der Waals surface area contributed by atoms with Crippen molar-refractivity contribution >= 4 is 17.6 Å². The Hall–Kier alpha value is -1.26. The van der Waals surface area contributed by atoms with E-state index in [1.807, 2.05) is 24.3 Å². The van der Waals surface area contributed by atoms with Gasteiger partial charge < -0.3 is 15.5 Å². The van der Waals surface area contributed by atoms with Gasteiger partial charge in [0.2, 0.25) is 0 Å². The van der Waals surface area contributed by atoms with E-state index in [4.69, 9.17) is 11.6 Å². The molecule has 0 bridgehead atoms. The monoisotopic (exact) mass is 351 g/mol. The van der Waals surface area contributed by atoms with Crippen LogP contribution >= 0.6 is 11.6 Å². The largest absolute Gasteiger partial charge is 0.335 e. The molecule has 0 aliphatic carbocycles. The van der Waals surface area contributed by atoms with E-state index in [0.717, 1.165) is 44.5 Å². The highest BCUT2D eigenvalue weighted by Gasteiger charge is 2.22. The first-order valence-corrected chi connectivity index (χ1v) is 9.40. The molecular formula is C19H30ClN3O. The molecule has 0 saturated carbocycles. The first-order valence-electron chi connectivity index (χ1n) is 9.02. The number of hydrogen-bond donors (Lipinski definition) is 2. The van der Waals surface area contributed by atoms with Crippen LogP contribution in [0.3, 0.4) is 0 Å². The summed E-state index contributed by atoms with van der Waals surface area (Å²) in [4.78, 5) is 14.8. The predicted molar refractivity (Wildman–Crippen MR) is 100 cm³/mol. The molecule has 2 N–H and O–H groups in total. The van der Waals surface area contributed by atoms with Gasteiger partial charge >= 0.3 is 6.03 Å². The zero-order valence-electron chi connectivity index (χ0n) is 15.0. The molecule has 1 fully saturated rings. The van der Waals surface area contributed by atoms with Gasteiger partial charge in [0, 0.05) is 30.7 Å². The third kappa shape index (κ3) is 5.99. The summed E-state index contributed by atoms with van der Waals surface area (Å²) in [5.74, 6) is 0.697. The second-order valence-electron chi connectivity index (χ2n) is 7.10. The van der Waals surface area contributed by atoms with Crippen molar-refractivity contribution in [2.45, 2.75) is 52.1 Å². The Bertz CT molecular complexity index is 510. The van der Waals surface area contributed by atoms with Crippen LogP contribution in [0.2, 0.25) is 5.02 Å². The number of benzene rings is 1. The maximum atomic E-state index is 12.3. The fourth-order valence-corrected chi connectivity index (χ4v) is 3.40. The van der Waals surface area contributed by atoms with E-state index in [9.17, 15) is 4.79 Å². The number of carbonyl (C=O) groups excluding carboxylic acids is 1. The fraction of sp³-hybridized carbons (Fsp3) is 0.632. The van der Waals surface area contributed by atoms with E-state index in [1.54, 1.807) is 0 Å². The Morgan fingerprint density at radius 3 is 2.42 bits per heavy atom. The van der Waals surface area contributed by atoms with Crippen LogP contribution in [0.25, 0.3) is 0 Å². The summed E-state index contributed by atoms with van der Waals surface area (Å²) in [5, 5.41) is 6.94. The molecule has 2 rings (SSSR count). The van der Waals surface area contributed by atoms with Crippen molar-refractivity contribution in [1.29, 1.82) is 0 Å². The maximum absolute atomic E-state index is 12.3. The lowest BCUT2D eigenvalue weighted by atomic mass is 10.0. The number of nitrogens with zero attached hydrogens (tertiary/aromatic N) is 1. The van der Waals surface area contributed by atoms with Crippen molar-refractivity contribution in [2.24, 2.45) is 5.92 Å². The summed E-state index contributed by atoms with van der Waals surface area (Å²) in [5.41, 5.74) is 1.09. The number of piperidine rings is 1. The number of hydrogen-bond acceptors (Lipinski definition) is 2. The first kappa shape index (κ1) is 19.1. The lowest BCUT2D eigenvalue weighted by Gasteiger charge is -2.33. The predicted octanol–water partition coefficient (Wildman–Crippen LogP) is 4.21. The van der Waals surface area contributed by atoms with E-state index in [0.29, 0.717) is 10.9 Å². The smallest absolute Gasteiger partial charge is 0.315 e. The van der Waals surface area contributed by atoms with Gasteiger partial charge in [-0.2, -0.15) is 0 Å². The highest BCUT2D eigenvalue weighted by Crippen LogP contribution is 2.19. The number of urea groups is 1. The van der Waals surface area contributed by atoms with Crippen molar-refractivity contribution in [2.75, 3.05) is 19.6 Å². The Kier molecular flexibility index (Phi) is 7.38. The summed E-state index contributed by atoms with van der Waals surface area (Å²) in [6, 6.07) is 7.90. The van der Waals surface area contributed by atoms with Crippen molar-refractivity contribution in [3.63, 3.8) is 0 Å². The number of amides is 2. The lowest BCUT2D eigenvalue weighted by Crippen LogP contribution is -2.48. The molecule has 1 unspecified atom stereocenters. The fourth-order valence-electron chi connectivity index (χ4n) is 3.28. The zero-order valence-corrected chi connectivity index (χ0v) is 15.8. The Morgan fingerprint density at radius 1 is 1.25 bits per heavy atom. The molecule has 1 atom stereocenters. The van der Waals surface area contributed by atoms with Gasteiger partial charge in [0.25, 0.3) is 0 Å². The molecule has 1 aromatic carbocycles. The molecule has 1 aliphatic heterocycles. The number of likely N-dealkylation sites (tertiary alicyclic amines) is 1. The van der Waals surface area contributed by atoms with Crippen molar-refractivity contribution in [3.05, 3.63) is 34.9 Å². The minimum atomic E-state index is -0.0703. The van der Waals surface area contributed by atoms with Crippen LogP contribution in [-0.2, 0) is 0 Å². The topological polar surface area (TPSA) is 44.4 Å². The standard InChI is InChI=1S/C19H30ClN3O/c1-4-18(15-5-7-16(20)8-6-15)22-19(24)21-17-9-11-23(12-10-17)13-14(2)3/h5-8,14,17-18H,4,9-13H2,1-3H3,(H2,21,22,24). The quantitative estimate of drug-likeness (QED) is 0.806. The average molecular weight is 352 g/mol. The van der Waals surface area contributed by atoms with Crippen LogP contribution in [-0.4, -0.2) is 36.6 Å².